The molecule has 1 aromatic rings. The van der Waals surface area contributed by atoms with E-state index in [4.69, 9.17) is 0 Å². The minimum Gasteiger partial charge on any atom is -0.302 e. The molecule has 0 bridgehead atoms. The van der Waals surface area contributed by atoms with Crippen LogP contribution >= 0.6 is 11.8 Å². The molecule has 0 spiro atoms. The molecule has 114 valence electrons. The lowest BCUT2D eigenvalue weighted by atomic mass is 9.83. The molecule has 0 radical (unpaired) electrons. The van der Waals surface area contributed by atoms with Gasteiger partial charge in [-0.3, -0.25) is 0 Å². The zero-order valence-corrected chi connectivity index (χ0v) is 13.9. The molecule has 6 heteroatoms. The highest BCUT2D eigenvalue weighted by atomic mass is 32.2. The van der Waals surface area contributed by atoms with Gasteiger partial charge in [-0.1, -0.05) is 0 Å². The number of benzene rings is 1. The lowest BCUT2D eigenvalue weighted by Gasteiger charge is -2.35. The van der Waals surface area contributed by atoms with Crippen LogP contribution in [0.15, 0.2) is 34.1 Å². The van der Waals surface area contributed by atoms with Gasteiger partial charge in [0.2, 0.25) is 0 Å². The Hall–Kier alpha value is -1.03. The van der Waals surface area contributed by atoms with Crippen LogP contribution in [0.3, 0.4) is 0 Å². The van der Waals surface area contributed by atoms with E-state index in [9.17, 15) is 13.7 Å². The van der Waals surface area contributed by atoms with E-state index < -0.39 is 15.4 Å². The Balaban J connectivity index is 2.07. The minimum absolute atomic E-state index is 0.345. The van der Waals surface area contributed by atoms with Crippen LogP contribution in [0.25, 0.3) is 0 Å². The maximum atomic E-state index is 11.4. The predicted molar refractivity (Wildman–Crippen MR) is 85.1 cm³/mol. The van der Waals surface area contributed by atoms with Crippen LogP contribution in [0.4, 0.5) is 0 Å². The number of nitrogens with one attached hydrogen (secondary N) is 1. The van der Waals surface area contributed by atoms with Crippen LogP contribution in [-0.4, -0.2) is 32.5 Å². The van der Waals surface area contributed by atoms with Gasteiger partial charge in [0.05, 0.1) is 11.0 Å². The van der Waals surface area contributed by atoms with Crippen LogP contribution in [0.5, 0.6) is 0 Å². The number of rotatable bonds is 4. The van der Waals surface area contributed by atoms with E-state index in [1.165, 1.54) is 6.26 Å². The molecule has 0 aromatic heterocycles. The summed E-state index contributed by atoms with van der Waals surface area (Å²) in [6.07, 6.45) is 5.05. The summed E-state index contributed by atoms with van der Waals surface area (Å²) in [6.45, 7) is 0. The first-order chi connectivity index (χ1) is 9.88. The molecule has 0 amide bonds. The first-order valence-electron chi connectivity index (χ1n) is 6.95. The van der Waals surface area contributed by atoms with Crippen molar-refractivity contribution in [1.29, 1.82) is 5.26 Å². The number of nitriles is 1. The second-order valence-electron chi connectivity index (χ2n) is 5.52. The summed E-state index contributed by atoms with van der Waals surface area (Å²) in [5.41, 5.74) is -0.414. The molecule has 0 saturated heterocycles. The normalized spacial score (nSPS) is 26.2. The van der Waals surface area contributed by atoms with E-state index in [0.29, 0.717) is 10.1 Å². The third-order valence-electron chi connectivity index (χ3n) is 3.95. The Kier molecular flexibility index (Phi) is 4.97. The lowest BCUT2D eigenvalue weighted by molar-refractivity contribution is 0.323. The third-order valence-corrected chi connectivity index (χ3v) is 6.36. The van der Waals surface area contributed by atoms with E-state index in [2.05, 4.69) is 11.4 Å². The van der Waals surface area contributed by atoms with E-state index in [1.807, 2.05) is 19.2 Å². The van der Waals surface area contributed by atoms with Gasteiger partial charge in [-0.2, -0.15) is 5.26 Å². The molecular weight excluding hydrogens is 304 g/mol. The van der Waals surface area contributed by atoms with E-state index >= 15 is 0 Å². The van der Waals surface area contributed by atoms with E-state index in [0.717, 1.165) is 30.6 Å². The summed E-state index contributed by atoms with van der Waals surface area (Å²) in [7, 11) is -1.30. The van der Waals surface area contributed by atoms with E-state index in [1.54, 1.807) is 23.9 Å². The Morgan fingerprint density at radius 1 is 1.38 bits per heavy atom. The fourth-order valence-corrected chi connectivity index (χ4v) is 4.63. The van der Waals surface area contributed by atoms with Gasteiger partial charge in [-0.15, -0.1) is 11.8 Å². The Labute approximate surface area is 130 Å². The van der Waals surface area contributed by atoms with Crippen molar-refractivity contribution in [3.8, 4) is 6.07 Å². The summed E-state index contributed by atoms with van der Waals surface area (Å²) in [5.74, 6) is 0. The minimum atomic E-state index is -3.14. The summed E-state index contributed by atoms with van der Waals surface area (Å²) >= 11 is 1.73. The number of hydrogen-bond acceptors (Lipinski definition) is 5. The second kappa shape index (κ2) is 6.39. The molecule has 0 aliphatic heterocycles. The second-order valence-corrected chi connectivity index (χ2v) is 8.91. The number of sulfone groups is 1. The molecule has 1 fully saturated rings. The first kappa shape index (κ1) is 16.3. The summed E-state index contributed by atoms with van der Waals surface area (Å²) in [6, 6.07) is 9.41. The fourth-order valence-electron chi connectivity index (χ4n) is 2.67. The lowest BCUT2D eigenvalue weighted by Crippen LogP contribution is -2.46. The molecule has 4 nitrogen and oxygen atoms in total. The topological polar surface area (TPSA) is 70.0 Å². The number of thioether (sulfide) groups is 1. The number of hydrogen-bond donors (Lipinski definition) is 1. The van der Waals surface area contributed by atoms with Crippen molar-refractivity contribution in [3.05, 3.63) is 24.3 Å². The van der Waals surface area contributed by atoms with Crippen LogP contribution in [0.1, 0.15) is 25.7 Å². The molecule has 21 heavy (non-hydrogen) atoms. The van der Waals surface area contributed by atoms with Gasteiger partial charge < -0.3 is 5.32 Å². The van der Waals surface area contributed by atoms with Gasteiger partial charge in [-0.05, 0) is 57.0 Å². The van der Waals surface area contributed by atoms with Gasteiger partial charge in [-0.25, -0.2) is 8.42 Å². The Morgan fingerprint density at radius 2 is 2.05 bits per heavy atom. The summed E-state index contributed by atoms with van der Waals surface area (Å²) < 4.78 is 22.9. The average molecular weight is 324 g/mol. The molecule has 1 aliphatic carbocycles. The monoisotopic (exact) mass is 324 g/mol. The number of nitrogens with zero attached hydrogens (tertiary/aromatic N) is 1. The molecule has 1 N–H and O–H groups in total. The molecule has 2 atom stereocenters. The molecular formula is C15H20N2O2S2. The van der Waals surface area contributed by atoms with Crippen molar-refractivity contribution >= 4 is 21.6 Å². The Bertz CT molecular complexity index is 635. The van der Waals surface area contributed by atoms with E-state index in [-0.39, 0.29) is 0 Å². The molecule has 1 aliphatic rings. The third kappa shape index (κ3) is 4.00. The molecule has 0 heterocycles. The molecule has 2 rings (SSSR count). The highest BCUT2D eigenvalue weighted by Gasteiger charge is 2.35. The van der Waals surface area contributed by atoms with Crippen LogP contribution in [-0.2, 0) is 9.84 Å². The summed E-state index contributed by atoms with van der Waals surface area (Å²) in [4.78, 5) is 1.40. The average Bonchev–Trinajstić information content (AvgIpc) is 2.47. The predicted octanol–water partition coefficient (Wildman–Crippen LogP) is 2.61. The fraction of sp³-hybridized carbons (Fsp3) is 0.533. The first-order valence-corrected chi connectivity index (χ1v) is 9.73. The van der Waals surface area contributed by atoms with Crippen molar-refractivity contribution in [3.63, 3.8) is 0 Å². The highest BCUT2D eigenvalue weighted by Crippen LogP contribution is 2.38. The van der Waals surface area contributed by atoms with Crippen molar-refractivity contribution in [2.45, 2.75) is 46.3 Å². The van der Waals surface area contributed by atoms with Gasteiger partial charge in [0.15, 0.2) is 9.84 Å². The maximum absolute atomic E-state index is 11.4. The van der Waals surface area contributed by atoms with Gasteiger partial charge >= 0.3 is 0 Å². The van der Waals surface area contributed by atoms with Crippen LogP contribution in [0.2, 0.25) is 0 Å². The van der Waals surface area contributed by atoms with Crippen molar-refractivity contribution < 1.29 is 8.42 Å². The van der Waals surface area contributed by atoms with Gasteiger partial charge in [0, 0.05) is 16.4 Å². The van der Waals surface area contributed by atoms with Crippen LogP contribution in [0, 0.1) is 11.3 Å². The molecule has 1 saturated carbocycles. The SMILES string of the molecule is CNC1(C#N)CCCC(Sc2ccc(S(C)(=O)=O)cc2)C1. The summed E-state index contributed by atoms with van der Waals surface area (Å²) in [5, 5.41) is 12.9. The zero-order chi connectivity index (χ0) is 15.5. The van der Waals surface area contributed by atoms with Crippen molar-refractivity contribution in [2.75, 3.05) is 13.3 Å². The molecule has 1 aromatic carbocycles. The van der Waals surface area contributed by atoms with Crippen molar-refractivity contribution in [2.24, 2.45) is 0 Å². The van der Waals surface area contributed by atoms with Gasteiger partial charge in [0.25, 0.3) is 0 Å². The zero-order valence-electron chi connectivity index (χ0n) is 12.3. The smallest absolute Gasteiger partial charge is 0.175 e. The molecule has 2 unspecified atom stereocenters. The van der Waals surface area contributed by atoms with Gasteiger partial charge in [0.1, 0.15) is 5.54 Å². The maximum Gasteiger partial charge on any atom is 0.175 e. The van der Waals surface area contributed by atoms with Crippen LogP contribution < -0.4 is 5.32 Å². The van der Waals surface area contributed by atoms with Crippen molar-refractivity contribution in [1.82, 2.24) is 5.32 Å². The quantitative estimate of drug-likeness (QED) is 0.922. The highest BCUT2D eigenvalue weighted by molar-refractivity contribution is 8.00. The largest absolute Gasteiger partial charge is 0.302 e. The Morgan fingerprint density at radius 3 is 2.57 bits per heavy atom. The standard InChI is InChI=1S/C15H20N2O2S2/c1-17-15(11-16)9-3-4-13(10-15)20-12-5-7-14(8-6-12)21(2,18)19/h5-8,13,17H,3-4,9-10H2,1-2H3.